The molecule has 1 amide bonds. The fourth-order valence-corrected chi connectivity index (χ4v) is 3.85. The molecular formula is C25H30N4O2. The Hall–Kier alpha value is -3.12. The number of benzene rings is 2. The van der Waals surface area contributed by atoms with Gasteiger partial charge in [-0.05, 0) is 65.1 Å². The Balaban J connectivity index is 1.82. The van der Waals surface area contributed by atoms with Crippen molar-refractivity contribution in [2.45, 2.75) is 51.5 Å². The number of methoxy groups -OCH3 is 1. The number of aromatic nitrogens is 1. The van der Waals surface area contributed by atoms with Crippen molar-refractivity contribution in [2.24, 2.45) is 5.84 Å². The number of hydrazine groups is 1. The van der Waals surface area contributed by atoms with Gasteiger partial charge in [0.15, 0.2) is 0 Å². The minimum atomic E-state index is -0.402. The monoisotopic (exact) mass is 418 g/mol. The molecule has 1 heterocycles. The number of nitrogen functional groups attached to an aromatic ring is 1. The van der Waals surface area contributed by atoms with Gasteiger partial charge in [-0.3, -0.25) is 10.2 Å². The molecule has 3 aromatic rings. The van der Waals surface area contributed by atoms with Crippen LogP contribution in [0.5, 0.6) is 5.75 Å². The number of hydrogen-bond acceptors (Lipinski definition) is 5. The number of amides is 1. The van der Waals surface area contributed by atoms with Gasteiger partial charge in [-0.15, -0.1) is 0 Å². The third-order valence-corrected chi connectivity index (χ3v) is 5.80. The smallest absolute Gasteiger partial charge is 0.283 e. The Labute approximate surface area is 183 Å². The van der Waals surface area contributed by atoms with Gasteiger partial charge in [0, 0.05) is 17.6 Å². The topological polar surface area (TPSA) is 89.3 Å². The number of pyridine rings is 1. The van der Waals surface area contributed by atoms with Crippen LogP contribution in [0.4, 0.5) is 5.69 Å². The number of anilines is 1. The molecule has 162 valence electrons. The van der Waals surface area contributed by atoms with Crippen LogP contribution in [0.15, 0.2) is 42.5 Å². The summed E-state index contributed by atoms with van der Waals surface area (Å²) in [6.07, 6.45) is 2.45. The fraction of sp³-hybridized carbons (Fsp3) is 0.360. The van der Waals surface area contributed by atoms with Crippen molar-refractivity contribution in [3.63, 3.8) is 0 Å². The number of nitrogens with two attached hydrogens (primary N) is 1. The summed E-state index contributed by atoms with van der Waals surface area (Å²) in [4.78, 5) is 17.1. The second-order valence-corrected chi connectivity index (χ2v) is 9.22. The number of rotatable bonds is 6. The van der Waals surface area contributed by atoms with E-state index in [1.807, 2.05) is 24.3 Å². The van der Waals surface area contributed by atoms with Crippen molar-refractivity contribution >= 4 is 22.5 Å². The lowest BCUT2D eigenvalue weighted by molar-refractivity contribution is 0.0949. The van der Waals surface area contributed by atoms with Crippen molar-refractivity contribution in [3.05, 3.63) is 64.8 Å². The number of fused-ring (bicyclic) bond motifs is 1. The predicted octanol–water partition coefficient (Wildman–Crippen LogP) is 4.63. The van der Waals surface area contributed by atoms with Gasteiger partial charge in [-0.2, -0.15) is 0 Å². The molecular weight excluding hydrogens is 388 g/mol. The molecule has 4 rings (SSSR count). The Morgan fingerprint density at radius 3 is 2.45 bits per heavy atom. The highest BCUT2D eigenvalue weighted by atomic mass is 16.5. The second kappa shape index (κ2) is 8.19. The van der Waals surface area contributed by atoms with Gasteiger partial charge in [0.2, 0.25) is 0 Å². The largest absolute Gasteiger partial charge is 0.497 e. The van der Waals surface area contributed by atoms with Crippen LogP contribution in [-0.4, -0.2) is 18.0 Å². The first kappa shape index (κ1) is 21.1. The summed E-state index contributed by atoms with van der Waals surface area (Å²) in [5.41, 5.74) is 7.74. The zero-order valence-electron chi connectivity index (χ0n) is 18.6. The van der Waals surface area contributed by atoms with Gasteiger partial charge in [0.05, 0.1) is 12.6 Å². The summed E-state index contributed by atoms with van der Waals surface area (Å²) < 4.78 is 5.25. The lowest BCUT2D eigenvalue weighted by atomic mass is 9.83. The number of carbonyl (C=O) groups excluding carboxylic acids is 1. The first-order valence-electron chi connectivity index (χ1n) is 10.7. The van der Waals surface area contributed by atoms with E-state index in [1.165, 1.54) is 18.4 Å². The van der Waals surface area contributed by atoms with Gasteiger partial charge < -0.3 is 10.1 Å². The van der Waals surface area contributed by atoms with E-state index in [0.29, 0.717) is 18.2 Å². The Morgan fingerprint density at radius 1 is 1.16 bits per heavy atom. The molecule has 0 saturated heterocycles. The third-order valence-electron chi connectivity index (χ3n) is 5.80. The van der Waals surface area contributed by atoms with E-state index in [9.17, 15) is 4.79 Å². The maximum Gasteiger partial charge on any atom is 0.283 e. The molecule has 0 radical (unpaired) electrons. The first-order chi connectivity index (χ1) is 14.8. The van der Waals surface area contributed by atoms with Gasteiger partial charge >= 0.3 is 0 Å². The van der Waals surface area contributed by atoms with Crippen LogP contribution in [0.1, 0.15) is 66.7 Å². The molecule has 1 aliphatic rings. The van der Waals surface area contributed by atoms with Crippen molar-refractivity contribution in [3.8, 4) is 5.75 Å². The first-order valence-corrected chi connectivity index (χ1v) is 10.7. The van der Waals surface area contributed by atoms with E-state index in [2.05, 4.69) is 43.6 Å². The number of hydrogen-bond donors (Lipinski definition) is 3. The standard InChI is InChI=1S/C25H30N4O2/c1-25(2,3)20-12-17(16-7-8-16)11-19-21(13-22(24(30)29-26)28-23(19)20)27-14-15-5-9-18(31-4)10-6-15/h5-6,9-13,16H,7-8,14,26H2,1-4H3,(H,27,28)(H,29,30). The summed E-state index contributed by atoms with van der Waals surface area (Å²) in [6.45, 7) is 7.16. The molecule has 4 N–H and O–H groups in total. The van der Waals surface area contributed by atoms with Crippen LogP contribution in [0.2, 0.25) is 0 Å². The zero-order chi connectivity index (χ0) is 22.2. The van der Waals surface area contributed by atoms with Crippen LogP contribution in [0.3, 0.4) is 0 Å². The summed E-state index contributed by atoms with van der Waals surface area (Å²) in [6, 6.07) is 14.2. The van der Waals surface area contributed by atoms with E-state index in [1.54, 1.807) is 13.2 Å². The van der Waals surface area contributed by atoms with Crippen LogP contribution >= 0.6 is 0 Å². The van der Waals surface area contributed by atoms with E-state index in [4.69, 9.17) is 15.6 Å². The van der Waals surface area contributed by atoms with Crippen LogP contribution in [0.25, 0.3) is 10.9 Å². The fourth-order valence-electron chi connectivity index (χ4n) is 3.85. The molecule has 0 bridgehead atoms. The molecule has 0 unspecified atom stereocenters. The van der Waals surface area contributed by atoms with Crippen molar-refractivity contribution in [1.82, 2.24) is 10.4 Å². The van der Waals surface area contributed by atoms with Crippen LogP contribution in [0, 0.1) is 0 Å². The van der Waals surface area contributed by atoms with Crippen molar-refractivity contribution < 1.29 is 9.53 Å². The molecule has 1 aliphatic carbocycles. The molecule has 6 nitrogen and oxygen atoms in total. The summed E-state index contributed by atoms with van der Waals surface area (Å²) in [5.74, 6) is 6.45. The number of nitrogens with zero attached hydrogens (tertiary/aromatic N) is 1. The highest BCUT2D eigenvalue weighted by molar-refractivity contribution is 6.01. The Morgan fingerprint density at radius 2 is 1.87 bits per heavy atom. The van der Waals surface area contributed by atoms with Gasteiger partial charge in [-0.1, -0.05) is 39.0 Å². The molecule has 1 saturated carbocycles. The van der Waals surface area contributed by atoms with Crippen molar-refractivity contribution in [1.29, 1.82) is 0 Å². The highest BCUT2D eigenvalue weighted by Gasteiger charge is 2.28. The zero-order valence-corrected chi connectivity index (χ0v) is 18.6. The maximum atomic E-state index is 12.4. The Kier molecular flexibility index (Phi) is 5.58. The number of ether oxygens (including phenoxy) is 1. The van der Waals surface area contributed by atoms with Crippen LogP contribution in [-0.2, 0) is 12.0 Å². The third kappa shape index (κ3) is 4.49. The van der Waals surface area contributed by atoms with E-state index >= 15 is 0 Å². The SMILES string of the molecule is COc1ccc(CNc2cc(C(=O)NN)nc3c(C(C)(C)C)cc(C4CC4)cc23)cc1. The molecule has 0 aliphatic heterocycles. The minimum absolute atomic E-state index is 0.110. The predicted molar refractivity (Wildman–Crippen MR) is 124 cm³/mol. The van der Waals surface area contributed by atoms with Crippen LogP contribution < -0.4 is 21.3 Å². The van der Waals surface area contributed by atoms with E-state index in [-0.39, 0.29) is 5.41 Å². The lowest BCUT2D eigenvalue weighted by Crippen LogP contribution is -2.31. The molecule has 0 atom stereocenters. The minimum Gasteiger partial charge on any atom is -0.497 e. The van der Waals surface area contributed by atoms with E-state index < -0.39 is 5.91 Å². The van der Waals surface area contributed by atoms with Crippen molar-refractivity contribution in [2.75, 3.05) is 12.4 Å². The molecule has 2 aromatic carbocycles. The molecule has 6 heteroatoms. The lowest BCUT2D eigenvalue weighted by Gasteiger charge is -2.23. The summed E-state index contributed by atoms with van der Waals surface area (Å²) >= 11 is 0. The average Bonchev–Trinajstić information content (AvgIpc) is 3.61. The van der Waals surface area contributed by atoms with Gasteiger partial charge in [0.25, 0.3) is 5.91 Å². The van der Waals surface area contributed by atoms with Gasteiger partial charge in [-0.25, -0.2) is 10.8 Å². The molecule has 0 spiro atoms. The highest BCUT2D eigenvalue weighted by Crippen LogP contribution is 2.44. The average molecular weight is 419 g/mol. The van der Waals surface area contributed by atoms with E-state index in [0.717, 1.165) is 33.5 Å². The quantitative estimate of drug-likeness (QED) is 0.308. The summed E-state index contributed by atoms with van der Waals surface area (Å²) in [7, 11) is 1.66. The maximum absolute atomic E-state index is 12.4. The number of nitrogens with one attached hydrogen (secondary N) is 2. The molecule has 31 heavy (non-hydrogen) atoms. The Bertz CT molecular complexity index is 1110. The normalized spacial score (nSPS) is 13.8. The summed E-state index contributed by atoms with van der Waals surface area (Å²) in [5, 5.41) is 4.56. The molecule has 1 aromatic heterocycles. The number of carbonyl (C=O) groups is 1. The van der Waals surface area contributed by atoms with Gasteiger partial charge in [0.1, 0.15) is 11.4 Å². The molecule has 1 fully saturated rings. The second-order valence-electron chi connectivity index (χ2n) is 9.22.